The van der Waals surface area contributed by atoms with Crippen LogP contribution in [0.1, 0.15) is 0 Å². The number of aldehydes is 1. The quantitative estimate of drug-likeness (QED) is 0.549. The van der Waals surface area contributed by atoms with Gasteiger partial charge in [-0.15, -0.1) is 0 Å². The van der Waals surface area contributed by atoms with Crippen LogP contribution < -0.4 is 0 Å². The van der Waals surface area contributed by atoms with E-state index in [1.54, 1.807) is 24.3 Å². The van der Waals surface area contributed by atoms with Gasteiger partial charge >= 0.3 is 0 Å². The van der Waals surface area contributed by atoms with E-state index in [0.717, 1.165) is 0 Å². The number of hydrogen-bond donors (Lipinski definition) is 1. The highest BCUT2D eigenvalue weighted by atomic mass is 16.3. The molecular formula is C8H9O2. The highest BCUT2D eigenvalue weighted by molar-refractivity contribution is 5.53. The second-order valence-corrected chi connectivity index (χ2v) is 1.50. The van der Waals surface area contributed by atoms with Crippen LogP contribution in [-0.4, -0.2) is 11.4 Å². The normalized spacial score (nSPS) is 7.30. The van der Waals surface area contributed by atoms with Crippen molar-refractivity contribution in [2.45, 2.75) is 0 Å². The number of aromatic hydroxyl groups is 1. The predicted molar refractivity (Wildman–Crippen MR) is 39.5 cm³/mol. The molecule has 53 valence electrons. The summed E-state index contributed by atoms with van der Waals surface area (Å²) in [6, 6.07) is 8.71. The molecule has 1 N–H and O–H groups in total. The maximum atomic E-state index is 8.69. The summed E-state index contributed by atoms with van der Waals surface area (Å²) >= 11 is 0. The Morgan fingerprint density at radius 1 is 1.30 bits per heavy atom. The molecule has 1 aromatic rings. The molecule has 0 saturated heterocycles. The van der Waals surface area contributed by atoms with Crippen LogP contribution in [0.4, 0.5) is 0 Å². The minimum atomic E-state index is 0.322. The number of carbonyl (C=O) groups is 1. The molecule has 10 heavy (non-hydrogen) atoms. The lowest BCUT2D eigenvalue weighted by atomic mass is 10.3. The minimum Gasteiger partial charge on any atom is -0.508 e. The third-order valence-corrected chi connectivity index (χ3v) is 0.756. The Kier molecular flexibility index (Phi) is 5.06. The smallest absolute Gasteiger partial charge is 0.120 e. The van der Waals surface area contributed by atoms with Gasteiger partial charge < -0.3 is 9.90 Å². The molecule has 0 atom stereocenters. The van der Waals surface area contributed by atoms with Crippen molar-refractivity contribution in [1.29, 1.82) is 0 Å². The molecule has 2 heteroatoms. The third kappa shape index (κ3) is 4.84. The molecule has 0 saturated carbocycles. The summed E-state index contributed by atoms with van der Waals surface area (Å²) in [6.07, 6.45) is 0.500. The van der Waals surface area contributed by atoms with E-state index < -0.39 is 0 Å². The predicted octanol–water partition coefficient (Wildman–Crippen LogP) is 1.41. The van der Waals surface area contributed by atoms with Crippen LogP contribution in [0.5, 0.6) is 5.75 Å². The summed E-state index contributed by atoms with van der Waals surface area (Å²) < 4.78 is 0. The van der Waals surface area contributed by atoms with Crippen LogP contribution >= 0.6 is 0 Å². The van der Waals surface area contributed by atoms with E-state index in [9.17, 15) is 0 Å². The van der Waals surface area contributed by atoms with Gasteiger partial charge in [-0.3, -0.25) is 0 Å². The Balaban J connectivity index is 0.000000236. The Labute approximate surface area is 60.1 Å². The van der Waals surface area contributed by atoms with Gasteiger partial charge in [0.1, 0.15) is 12.0 Å². The number of benzene rings is 1. The van der Waals surface area contributed by atoms with E-state index in [-0.39, 0.29) is 0 Å². The molecule has 1 radical (unpaired) electrons. The number of phenols is 1. The molecule has 0 aromatic heterocycles. The highest BCUT2D eigenvalue weighted by Crippen LogP contribution is 2.02. The first kappa shape index (κ1) is 8.69. The molecule has 1 aromatic carbocycles. The Morgan fingerprint density at radius 3 is 1.90 bits per heavy atom. The summed E-state index contributed by atoms with van der Waals surface area (Å²) in [5, 5.41) is 8.63. The Bertz CT molecular complexity index is 170. The van der Waals surface area contributed by atoms with Gasteiger partial charge in [-0.1, -0.05) is 18.2 Å². The van der Waals surface area contributed by atoms with Gasteiger partial charge in [-0.05, 0) is 12.1 Å². The summed E-state index contributed by atoms with van der Waals surface area (Å²) in [7, 11) is 0. The van der Waals surface area contributed by atoms with E-state index in [1.165, 1.54) is 0 Å². The molecule has 0 aliphatic carbocycles. The summed E-state index contributed by atoms with van der Waals surface area (Å²) in [5.41, 5.74) is 0. The van der Waals surface area contributed by atoms with Gasteiger partial charge in [0.2, 0.25) is 0 Å². The van der Waals surface area contributed by atoms with Crippen LogP contribution in [-0.2, 0) is 4.79 Å². The van der Waals surface area contributed by atoms with E-state index >= 15 is 0 Å². The number of hydrogen-bond acceptors (Lipinski definition) is 2. The number of para-hydroxylation sites is 1. The van der Waals surface area contributed by atoms with E-state index in [2.05, 4.69) is 6.92 Å². The molecule has 2 nitrogen and oxygen atoms in total. The molecule has 0 amide bonds. The van der Waals surface area contributed by atoms with Crippen molar-refractivity contribution in [3.05, 3.63) is 37.3 Å². The molecule has 0 aliphatic heterocycles. The zero-order valence-corrected chi connectivity index (χ0v) is 5.53. The SMILES string of the molecule is Oc1ccccc1.[CH2]C=O. The minimum absolute atomic E-state index is 0.322. The Morgan fingerprint density at radius 2 is 1.70 bits per heavy atom. The van der Waals surface area contributed by atoms with Crippen LogP contribution in [0.15, 0.2) is 30.3 Å². The van der Waals surface area contributed by atoms with Crippen molar-refractivity contribution < 1.29 is 9.90 Å². The van der Waals surface area contributed by atoms with Gasteiger partial charge in [-0.25, -0.2) is 0 Å². The lowest BCUT2D eigenvalue weighted by Gasteiger charge is -1.82. The average Bonchev–Trinajstić information content (AvgIpc) is 1.91. The largest absolute Gasteiger partial charge is 0.508 e. The van der Waals surface area contributed by atoms with E-state index in [4.69, 9.17) is 9.90 Å². The van der Waals surface area contributed by atoms with Crippen molar-refractivity contribution >= 4 is 6.29 Å². The number of phenolic OH excluding ortho intramolecular Hbond substituents is 1. The van der Waals surface area contributed by atoms with E-state index in [0.29, 0.717) is 12.0 Å². The first-order chi connectivity index (χ1) is 4.81. The first-order valence-corrected chi connectivity index (χ1v) is 2.78. The average molecular weight is 137 g/mol. The van der Waals surface area contributed by atoms with Crippen molar-refractivity contribution in [2.75, 3.05) is 0 Å². The molecule has 0 aliphatic rings. The molecule has 0 spiro atoms. The van der Waals surface area contributed by atoms with Gasteiger partial charge in [0.15, 0.2) is 0 Å². The lowest BCUT2D eigenvalue weighted by molar-refractivity contribution is -0.104. The second-order valence-electron chi connectivity index (χ2n) is 1.50. The molecular weight excluding hydrogens is 128 g/mol. The molecule has 0 unspecified atom stereocenters. The zero-order valence-electron chi connectivity index (χ0n) is 5.53. The van der Waals surface area contributed by atoms with Crippen molar-refractivity contribution in [1.82, 2.24) is 0 Å². The fourth-order valence-electron chi connectivity index (χ4n) is 0.428. The summed E-state index contributed by atoms with van der Waals surface area (Å²) in [4.78, 5) is 8.69. The fourth-order valence-corrected chi connectivity index (χ4v) is 0.428. The number of carbonyl (C=O) groups excluding carboxylic acids is 1. The van der Waals surface area contributed by atoms with Crippen LogP contribution in [0.25, 0.3) is 0 Å². The summed E-state index contributed by atoms with van der Waals surface area (Å²) in [6.45, 7) is 2.81. The van der Waals surface area contributed by atoms with Crippen molar-refractivity contribution in [3.63, 3.8) is 0 Å². The first-order valence-electron chi connectivity index (χ1n) is 2.78. The molecule has 0 fully saturated rings. The maximum absolute atomic E-state index is 8.69. The van der Waals surface area contributed by atoms with Crippen LogP contribution in [0, 0.1) is 6.92 Å². The molecule has 1 rings (SSSR count). The van der Waals surface area contributed by atoms with Crippen LogP contribution in [0.2, 0.25) is 0 Å². The topological polar surface area (TPSA) is 37.3 Å². The zero-order chi connectivity index (χ0) is 7.82. The maximum Gasteiger partial charge on any atom is 0.120 e. The van der Waals surface area contributed by atoms with Gasteiger partial charge in [0.05, 0.1) is 0 Å². The lowest BCUT2D eigenvalue weighted by Crippen LogP contribution is -1.56. The fraction of sp³-hybridized carbons (Fsp3) is 0. The highest BCUT2D eigenvalue weighted by Gasteiger charge is 1.74. The molecule has 0 bridgehead atoms. The van der Waals surface area contributed by atoms with Gasteiger partial charge in [0.25, 0.3) is 0 Å². The molecule has 0 heterocycles. The second kappa shape index (κ2) is 5.82. The monoisotopic (exact) mass is 137 g/mol. The third-order valence-electron chi connectivity index (χ3n) is 0.756. The van der Waals surface area contributed by atoms with Crippen molar-refractivity contribution in [2.24, 2.45) is 0 Å². The number of rotatable bonds is 0. The Hall–Kier alpha value is -1.31. The summed E-state index contributed by atoms with van der Waals surface area (Å²) in [5.74, 6) is 0.322. The standard InChI is InChI=1S/C6H6O.C2H3O/c7-6-4-2-1-3-5-6;1-2-3/h1-5,7H;2H,1H2. The van der Waals surface area contributed by atoms with E-state index in [1.807, 2.05) is 6.07 Å². The van der Waals surface area contributed by atoms with Crippen molar-refractivity contribution in [3.8, 4) is 5.75 Å². The van der Waals surface area contributed by atoms with Crippen LogP contribution in [0.3, 0.4) is 0 Å². The van der Waals surface area contributed by atoms with Gasteiger partial charge in [0, 0.05) is 6.92 Å². The van der Waals surface area contributed by atoms with Gasteiger partial charge in [-0.2, -0.15) is 0 Å².